The summed E-state index contributed by atoms with van der Waals surface area (Å²) >= 11 is 4.93. The number of aromatic nitrogens is 2. The monoisotopic (exact) mass is 262 g/mol. The summed E-state index contributed by atoms with van der Waals surface area (Å²) in [6.07, 6.45) is 2.27. The Labute approximate surface area is 89.6 Å². The average Bonchev–Trinajstić information content (AvgIpc) is 2.54. The van der Waals surface area contributed by atoms with Crippen molar-refractivity contribution in [3.05, 3.63) is 8.92 Å². The number of hydrogen-bond donors (Lipinski definition) is 0. The van der Waals surface area contributed by atoms with Crippen LogP contribution in [0.3, 0.4) is 0 Å². The quantitative estimate of drug-likeness (QED) is 0.780. The Hall–Kier alpha value is -0.0000000000000000486. The van der Waals surface area contributed by atoms with Crippen molar-refractivity contribution < 1.29 is 4.74 Å². The molecule has 1 fully saturated rings. The Morgan fingerprint density at radius 2 is 2.38 bits per heavy atom. The predicted octanol–water partition coefficient (Wildman–Crippen LogP) is 2.37. The van der Waals surface area contributed by atoms with E-state index in [9.17, 15) is 0 Å². The number of rotatable bonds is 1. The van der Waals surface area contributed by atoms with E-state index in [0.29, 0.717) is 0 Å². The molecular formula is C8H11BrN2OS. The van der Waals surface area contributed by atoms with Gasteiger partial charge in [-0.25, -0.2) is 0 Å². The fourth-order valence-electron chi connectivity index (χ4n) is 1.55. The standard InChI is InChI=1S/C8H11BrN2OS/c1-8(3-2-4-12-5-8)6-10-11-7(9)13-6/h2-5H2,1H3. The van der Waals surface area contributed by atoms with Crippen LogP contribution in [-0.4, -0.2) is 23.4 Å². The van der Waals surface area contributed by atoms with Crippen LogP contribution in [0.1, 0.15) is 24.8 Å². The Morgan fingerprint density at radius 3 is 2.92 bits per heavy atom. The Balaban J connectivity index is 2.22. The van der Waals surface area contributed by atoms with Crippen LogP contribution in [0.5, 0.6) is 0 Å². The minimum absolute atomic E-state index is 0.0853. The van der Waals surface area contributed by atoms with Gasteiger partial charge in [0.1, 0.15) is 5.01 Å². The van der Waals surface area contributed by atoms with Crippen molar-refractivity contribution in [2.45, 2.75) is 25.2 Å². The summed E-state index contributed by atoms with van der Waals surface area (Å²) in [5.41, 5.74) is 0.0853. The maximum atomic E-state index is 5.47. The van der Waals surface area contributed by atoms with Crippen LogP contribution in [0.15, 0.2) is 3.92 Å². The fraction of sp³-hybridized carbons (Fsp3) is 0.750. The van der Waals surface area contributed by atoms with Crippen molar-refractivity contribution in [1.82, 2.24) is 10.2 Å². The lowest BCUT2D eigenvalue weighted by molar-refractivity contribution is 0.0416. The molecule has 1 atom stereocenters. The second-order valence-corrected chi connectivity index (χ2v) is 5.83. The molecule has 0 aromatic carbocycles. The van der Waals surface area contributed by atoms with Crippen molar-refractivity contribution in [2.75, 3.05) is 13.2 Å². The van der Waals surface area contributed by atoms with E-state index in [0.717, 1.165) is 35.0 Å². The first-order valence-electron chi connectivity index (χ1n) is 4.28. The number of ether oxygens (including phenoxy) is 1. The van der Waals surface area contributed by atoms with E-state index in [4.69, 9.17) is 4.74 Å². The molecule has 0 N–H and O–H groups in total. The highest BCUT2D eigenvalue weighted by Crippen LogP contribution is 2.35. The van der Waals surface area contributed by atoms with E-state index in [2.05, 4.69) is 33.1 Å². The van der Waals surface area contributed by atoms with E-state index in [-0.39, 0.29) is 5.41 Å². The van der Waals surface area contributed by atoms with Gasteiger partial charge >= 0.3 is 0 Å². The number of hydrogen-bond acceptors (Lipinski definition) is 4. The van der Waals surface area contributed by atoms with E-state index in [1.165, 1.54) is 0 Å². The summed E-state index contributed by atoms with van der Waals surface area (Å²) in [7, 11) is 0. The lowest BCUT2D eigenvalue weighted by atomic mass is 9.86. The summed E-state index contributed by atoms with van der Waals surface area (Å²) in [5.74, 6) is 0. The first kappa shape index (κ1) is 9.55. The summed E-state index contributed by atoms with van der Waals surface area (Å²) in [6.45, 7) is 3.85. The third kappa shape index (κ3) is 1.92. The normalized spacial score (nSPS) is 29.1. The van der Waals surface area contributed by atoms with Gasteiger partial charge in [-0.2, -0.15) is 0 Å². The van der Waals surface area contributed by atoms with Crippen molar-refractivity contribution in [1.29, 1.82) is 0 Å². The Kier molecular flexibility index (Phi) is 2.67. The molecule has 1 aromatic heterocycles. The van der Waals surface area contributed by atoms with Gasteiger partial charge in [-0.3, -0.25) is 0 Å². The average molecular weight is 263 g/mol. The maximum absolute atomic E-state index is 5.47. The topological polar surface area (TPSA) is 35.0 Å². The largest absolute Gasteiger partial charge is 0.380 e. The molecule has 0 bridgehead atoms. The zero-order valence-electron chi connectivity index (χ0n) is 7.42. The highest BCUT2D eigenvalue weighted by Gasteiger charge is 2.33. The van der Waals surface area contributed by atoms with Gasteiger partial charge in [0.2, 0.25) is 0 Å². The van der Waals surface area contributed by atoms with Crippen LogP contribution in [0.25, 0.3) is 0 Å². The van der Waals surface area contributed by atoms with Gasteiger partial charge in [-0.1, -0.05) is 18.3 Å². The van der Waals surface area contributed by atoms with Gasteiger partial charge in [0.25, 0.3) is 0 Å². The fourth-order valence-corrected chi connectivity index (χ4v) is 2.82. The number of nitrogens with zero attached hydrogens (tertiary/aromatic N) is 2. The molecule has 0 aliphatic carbocycles. The molecule has 1 aliphatic heterocycles. The molecule has 2 rings (SSSR count). The van der Waals surface area contributed by atoms with E-state index in [1.54, 1.807) is 11.3 Å². The van der Waals surface area contributed by atoms with Gasteiger partial charge in [0.15, 0.2) is 3.92 Å². The molecule has 1 aliphatic rings. The first-order chi connectivity index (χ1) is 6.21. The van der Waals surface area contributed by atoms with E-state index < -0.39 is 0 Å². The lowest BCUT2D eigenvalue weighted by Gasteiger charge is -2.30. The van der Waals surface area contributed by atoms with Gasteiger partial charge in [-0.15, -0.1) is 10.2 Å². The smallest absolute Gasteiger partial charge is 0.183 e. The SMILES string of the molecule is CC1(c2nnc(Br)s2)CCCOC1. The highest BCUT2D eigenvalue weighted by atomic mass is 79.9. The third-order valence-corrected chi connectivity index (χ3v) is 4.02. The summed E-state index contributed by atoms with van der Waals surface area (Å²) < 4.78 is 6.33. The molecule has 0 radical (unpaired) electrons. The van der Waals surface area contributed by atoms with Gasteiger partial charge in [0.05, 0.1) is 6.61 Å². The van der Waals surface area contributed by atoms with Crippen molar-refractivity contribution in [2.24, 2.45) is 0 Å². The van der Waals surface area contributed by atoms with Gasteiger partial charge in [-0.05, 0) is 28.8 Å². The minimum Gasteiger partial charge on any atom is -0.380 e. The minimum atomic E-state index is 0.0853. The van der Waals surface area contributed by atoms with Crippen LogP contribution >= 0.6 is 27.3 Å². The zero-order valence-corrected chi connectivity index (χ0v) is 9.82. The molecule has 0 spiro atoms. The number of halogens is 1. The molecule has 3 nitrogen and oxygen atoms in total. The Bertz CT molecular complexity index is 296. The molecule has 0 amide bonds. The van der Waals surface area contributed by atoms with Crippen LogP contribution in [0, 0.1) is 0 Å². The van der Waals surface area contributed by atoms with E-state index >= 15 is 0 Å². The molecule has 72 valence electrons. The molecule has 1 aromatic rings. The van der Waals surface area contributed by atoms with Gasteiger partial charge in [0, 0.05) is 12.0 Å². The zero-order chi connectivity index (χ0) is 9.31. The van der Waals surface area contributed by atoms with Crippen molar-refractivity contribution in [3.8, 4) is 0 Å². The van der Waals surface area contributed by atoms with Crippen molar-refractivity contribution >= 4 is 27.3 Å². The Morgan fingerprint density at radius 1 is 1.54 bits per heavy atom. The van der Waals surface area contributed by atoms with Crippen LogP contribution in [0.2, 0.25) is 0 Å². The molecule has 1 unspecified atom stereocenters. The first-order valence-corrected chi connectivity index (χ1v) is 5.89. The predicted molar refractivity (Wildman–Crippen MR) is 55.0 cm³/mol. The second kappa shape index (κ2) is 3.63. The molecular weight excluding hydrogens is 252 g/mol. The van der Waals surface area contributed by atoms with Crippen molar-refractivity contribution in [3.63, 3.8) is 0 Å². The molecule has 2 heterocycles. The molecule has 1 saturated heterocycles. The van der Waals surface area contributed by atoms with E-state index in [1.807, 2.05) is 0 Å². The molecule has 5 heteroatoms. The van der Waals surface area contributed by atoms with Crippen LogP contribution < -0.4 is 0 Å². The summed E-state index contributed by atoms with van der Waals surface area (Å²) in [5, 5.41) is 9.20. The molecule has 13 heavy (non-hydrogen) atoms. The van der Waals surface area contributed by atoms with Crippen LogP contribution in [0.4, 0.5) is 0 Å². The lowest BCUT2D eigenvalue weighted by Crippen LogP contribution is -2.32. The highest BCUT2D eigenvalue weighted by molar-refractivity contribution is 9.11. The summed E-state index contributed by atoms with van der Waals surface area (Å²) in [6, 6.07) is 0. The maximum Gasteiger partial charge on any atom is 0.183 e. The van der Waals surface area contributed by atoms with Crippen LogP contribution in [-0.2, 0) is 10.2 Å². The second-order valence-electron chi connectivity index (χ2n) is 3.58. The van der Waals surface area contributed by atoms with Gasteiger partial charge < -0.3 is 4.74 Å². The third-order valence-electron chi connectivity index (χ3n) is 2.35. The summed E-state index contributed by atoms with van der Waals surface area (Å²) in [4.78, 5) is 0. The molecule has 0 saturated carbocycles.